The van der Waals surface area contributed by atoms with E-state index >= 15 is 0 Å². The number of phenolic OH excluding ortho intramolecular Hbond substituents is 2. The van der Waals surface area contributed by atoms with E-state index in [1.807, 2.05) is 0 Å². The van der Waals surface area contributed by atoms with Gasteiger partial charge in [0.05, 0.1) is 0 Å². The van der Waals surface area contributed by atoms with Gasteiger partial charge in [0.2, 0.25) is 0 Å². The van der Waals surface area contributed by atoms with Gasteiger partial charge in [-0.3, -0.25) is 0 Å². The molecule has 0 amide bonds. The van der Waals surface area contributed by atoms with Crippen molar-refractivity contribution in [1.82, 2.24) is 0 Å². The molecular weight excluding hydrogens is 574 g/mol. The van der Waals surface area contributed by atoms with Crippen LogP contribution in [0.5, 0.6) is 11.5 Å². The SMILES string of the molecule is Oc1cc([Se][Se]c2ccc(C34CC5CC(CC(C5)C3)C4)c(O)c2)ccc1C12CC3CC(CC(C3)C1)C2. The molecule has 2 N–H and O–H groups in total. The van der Waals surface area contributed by atoms with Crippen molar-refractivity contribution in [3.63, 3.8) is 0 Å². The molecule has 0 aromatic heterocycles. The first-order chi connectivity index (χ1) is 17.5. The first-order valence-corrected chi connectivity index (χ1v) is 20.5. The third kappa shape index (κ3) is 3.69. The number of phenols is 2. The van der Waals surface area contributed by atoms with Crippen LogP contribution in [-0.4, -0.2) is 36.5 Å². The van der Waals surface area contributed by atoms with Crippen molar-refractivity contribution in [3.8, 4) is 11.5 Å². The molecule has 0 spiro atoms. The van der Waals surface area contributed by atoms with Crippen molar-refractivity contribution in [2.75, 3.05) is 0 Å². The van der Waals surface area contributed by atoms with Crippen LogP contribution in [0.2, 0.25) is 0 Å². The van der Waals surface area contributed by atoms with Crippen molar-refractivity contribution in [2.24, 2.45) is 35.5 Å². The first kappa shape index (κ1) is 23.0. The fourth-order valence-corrected chi connectivity index (χ4v) is 17.0. The molecule has 36 heavy (non-hydrogen) atoms. The predicted molar refractivity (Wildman–Crippen MR) is 147 cm³/mol. The van der Waals surface area contributed by atoms with Crippen LogP contribution in [0.4, 0.5) is 0 Å². The Labute approximate surface area is 226 Å². The van der Waals surface area contributed by atoms with E-state index in [0.29, 0.717) is 37.8 Å². The van der Waals surface area contributed by atoms with Gasteiger partial charge in [-0.25, -0.2) is 0 Å². The first-order valence-electron chi connectivity index (χ1n) is 14.5. The average Bonchev–Trinajstić information content (AvgIpc) is 2.81. The molecule has 0 unspecified atom stereocenters. The molecule has 2 aromatic carbocycles. The summed E-state index contributed by atoms with van der Waals surface area (Å²) in [5, 5.41) is 22.3. The summed E-state index contributed by atoms with van der Waals surface area (Å²) in [5.41, 5.74) is 3.03. The predicted octanol–water partition coefficient (Wildman–Crippen LogP) is 5.31. The van der Waals surface area contributed by atoms with Crippen LogP contribution in [-0.2, 0) is 10.8 Å². The van der Waals surface area contributed by atoms with E-state index in [-0.39, 0.29) is 10.8 Å². The van der Waals surface area contributed by atoms with Crippen molar-refractivity contribution >= 4 is 35.2 Å². The Kier molecular flexibility index (Phi) is 5.30. The number of rotatable bonds is 5. The summed E-state index contributed by atoms with van der Waals surface area (Å²) in [5.74, 6) is 6.52. The maximum atomic E-state index is 11.2. The molecule has 4 heteroatoms. The van der Waals surface area contributed by atoms with Crippen molar-refractivity contribution in [2.45, 2.75) is 87.9 Å². The number of hydrogen-bond donors (Lipinski definition) is 2. The van der Waals surface area contributed by atoms with Crippen molar-refractivity contribution in [3.05, 3.63) is 47.5 Å². The molecule has 0 radical (unpaired) electrons. The Morgan fingerprint density at radius 2 is 0.806 bits per heavy atom. The average molecular weight is 613 g/mol. The second-order valence-corrected chi connectivity index (χ2v) is 20.2. The molecule has 0 saturated heterocycles. The Balaban J connectivity index is 0.983. The van der Waals surface area contributed by atoms with Gasteiger partial charge in [0, 0.05) is 0 Å². The van der Waals surface area contributed by atoms with E-state index in [4.69, 9.17) is 0 Å². The van der Waals surface area contributed by atoms with Crippen molar-refractivity contribution in [1.29, 1.82) is 0 Å². The summed E-state index contributed by atoms with van der Waals surface area (Å²) in [6.07, 6.45) is 16.5. The van der Waals surface area contributed by atoms with Gasteiger partial charge in [-0.2, -0.15) is 0 Å². The van der Waals surface area contributed by atoms with Crippen molar-refractivity contribution < 1.29 is 10.2 Å². The Hall–Kier alpha value is -0.921. The molecule has 8 fully saturated rings. The van der Waals surface area contributed by atoms with Gasteiger partial charge in [0.15, 0.2) is 0 Å². The summed E-state index contributed by atoms with van der Waals surface area (Å²) in [4.78, 5) is 0. The standard InChI is InChI=1S/C32H38O2Se2/c33-29-11-25(1-3-27(29)31-13-19-5-20(14-31)7-21(6-19)15-31)35-36-26-2-4-28(30(34)12-26)32-16-22-8-23(17-32)10-24(9-22)18-32/h1-4,11-12,19-24,33-34H,5-10,13-18H2. The molecule has 2 aromatic rings. The molecule has 8 bridgehead atoms. The monoisotopic (exact) mass is 614 g/mol. The zero-order valence-electron chi connectivity index (χ0n) is 21.1. The minimum atomic E-state index is 0.258. The second kappa shape index (κ2) is 8.29. The fraction of sp³-hybridized carbons (Fsp3) is 0.625. The molecule has 2 nitrogen and oxygen atoms in total. The van der Waals surface area contributed by atoms with Crippen LogP contribution >= 0.6 is 0 Å². The molecule has 0 heterocycles. The molecule has 0 aliphatic heterocycles. The summed E-state index contributed by atoms with van der Waals surface area (Å²) in [6.45, 7) is 0. The Bertz CT molecular complexity index is 1040. The maximum absolute atomic E-state index is 11.2. The second-order valence-electron chi connectivity index (χ2n) is 13.9. The fourth-order valence-electron chi connectivity index (χ4n) is 11.0. The van der Waals surface area contributed by atoms with E-state index in [2.05, 4.69) is 36.4 Å². The van der Waals surface area contributed by atoms with Gasteiger partial charge in [0.1, 0.15) is 0 Å². The Morgan fingerprint density at radius 3 is 1.08 bits per heavy atom. The number of aromatic hydroxyl groups is 2. The van der Waals surface area contributed by atoms with E-state index in [0.717, 1.165) is 35.5 Å². The summed E-state index contributed by atoms with van der Waals surface area (Å²) < 4.78 is 2.61. The minimum absolute atomic E-state index is 0.258. The van der Waals surface area contributed by atoms with Gasteiger partial charge in [-0.05, 0) is 0 Å². The molecule has 0 atom stereocenters. The third-order valence-electron chi connectivity index (χ3n) is 11.4. The van der Waals surface area contributed by atoms with Crippen LogP contribution in [0, 0.1) is 35.5 Å². The van der Waals surface area contributed by atoms with Crippen LogP contribution in [0.25, 0.3) is 0 Å². The molecular formula is C32H38O2Se2. The summed E-state index contributed by atoms with van der Waals surface area (Å²) >= 11 is 0.637. The van der Waals surface area contributed by atoms with Crippen LogP contribution in [0.3, 0.4) is 0 Å². The molecule has 8 saturated carbocycles. The van der Waals surface area contributed by atoms with Gasteiger partial charge < -0.3 is 0 Å². The van der Waals surface area contributed by atoms with Gasteiger partial charge in [-0.1, -0.05) is 0 Å². The van der Waals surface area contributed by atoms with E-state index in [1.54, 1.807) is 0 Å². The molecule has 8 aliphatic rings. The zero-order chi connectivity index (χ0) is 24.1. The van der Waals surface area contributed by atoms with Gasteiger partial charge >= 0.3 is 228 Å². The van der Waals surface area contributed by atoms with Gasteiger partial charge in [0.25, 0.3) is 0 Å². The third-order valence-corrected chi connectivity index (χ3v) is 18.5. The van der Waals surface area contributed by atoms with E-state index in [9.17, 15) is 10.2 Å². The molecule has 10 rings (SSSR count). The normalized spacial score (nSPS) is 41.8. The number of benzene rings is 2. The summed E-state index contributed by atoms with van der Waals surface area (Å²) in [6, 6.07) is 13.4. The molecule has 190 valence electrons. The number of hydrogen-bond acceptors (Lipinski definition) is 2. The van der Waals surface area contributed by atoms with Gasteiger partial charge in [-0.15, -0.1) is 0 Å². The van der Waals surface area contributed by atoms with E-state index < -0.39 is 0 Å². The Morgan fingerprint density at radius 1 is 0.500 bits per heavy atom. The topological polar surface area (TPSA) is 40.5 Å². The van der Waals surface area contributed by atoms with E-state index in [1.165, 1.54) is 97.1 Å². The van der Waals surface area contributed by atoms with Crippen LogP contribution in [0.15, 0.2) is 36.4 Å². The summed E-state index contributed by atoms with van der Waals surface area (Å²) in [7, 11) is 0. The quantitative estimate of drug-likeness (QED) is 0.450. The van der Waals surface area contributed by atoms with Crippen LogP contribution < -0.4 is 8.92 Å². The zero-order valence-corrected chi connectivity index (χ0v) is 24.6. The molecule has 8 aliphatic carbocycles. The van der Waals surface area contributed by atoms with Crippen LogP contribution in [0.1, 0.15) is 88.2 Å².